The summed E-state index contributed by atoms with van der Waals surface area (Å²) in [7, 11) is -3.62. The van der Waals surface area contributed by atoms with Gasteiger partial charge in [0.05, 0.1) is 16.1 Å². The Balaban J connectivity index is 1.17. The fourth-order valence-electron chi connectivity index (χ4n) is 14.4. The second kappa shape index (κ2) is 13.5. The smallest absolute Gasteiger partial charge is 0.0774 e. The first-order valence-electron chi connectivity index (χ1n) is 21.4. The summed E-state index contributed by atoms with van der Waals surface area (Å²) < 4.78 is 0. The number of hydrogen-bond donors (Lipinski definition) is 0. The highest BCUT2D eigenvalue weighted by molar-refractivity contribution is 7.73. The molecule has 0 heterocycles. The Kier molecular flexibility index (Phi) is 9.47. The average molecular weight is 751 g/mol. The van der Waals surface area contributed by atoms with E-state index < -0.39 is 24.1 Å². The van der Waals surface area contributed by atoms with Gasteiger partial charge in [0.25, 0.3) is 0 Å². The lowest BCUT2D eigenvalue weighted by molar-refractivity contribution is 0.0131. The van der Waals surface area contributed by atoms with Crippen LogP contribution in [0.25, 0.3) is 0 Å². The predicted octanol–water partition coefficient (Wildman–Crippen LogP) is 12.5. The second-order valence-corrected chi connectivity index (χ2v) is 36.0. The molecule has 8 bridgehead atoms. The Hall–Kier alpha value is -0.786. The molecule has 51 heavy (non-hydrogen) atoms. The van der Waals surface area contributed by atoms with E-state index in [4.69, 9.17) is 0 Å². The third-order valence-corrected chi connectivity index (χ3v) is 26.9. The van der Waals surface area contributed by atoms with Crippen molar-refractivity contribution < 1.29 is 0 Å². The van der Waals surface area contributed by atoms with Gasteiger partial charge in [-0.2, -0.15) is 0 Å². The van der Waals surface area contributed by atoms with Gasteiger partial charge in [0, 0.05) is 5.92 Å². The molecule has 1 unspecified atom stereocenters. The fourth-order valence-corrected chi connectivity index (χ4v) is 28.1. The van der Waals surface area contributed by atoms with Crippen LogP contribution in [-0.2, 0) is 0 Å². The van der Waals surface area contributed by atoms with Crippen LogP contribution in [0.5, 0.6) is 0 Å². The standard InChI is InChI=1S/C47H68P2Si2/c1-30-13-9-11-15-42(30)48(43-16-12-10-14-31(43)2)28-40-27-44(50(3,4)5)47(51(6,7)8)41(40)29-49(45-36-19-32-17-33(21-36)22-37(45)20-32)46-38-23-34-18-35(25-38)26-39(46)24-34/h9-16,27,32-40,45-46H,17-26,28-29H2,1-8H3. The highest BCUT2D eigenvalue weighted by Gasteiger charge is 2.57. The van der Waals surface area contributed by atoms with E-state index in [9.17, 15) is 0 Å². The summed E-state index contributed by atoms with van der Waals surface area (Å²) in [6.45, 7) is 21.0. The van der Waals surface area contributed by atoms with Gasteiger partial charge in [0.1, 0.15) is 0 Å². The van der Waals surface area contributed by atoms with E-state index in [2.05, 4.69) is 108 Å². The Morgan fingerprint density at radius 2 is 0.961 bits per heavy atom. The Labute approximate surface area is 317 Å². The normalized spacial score (nSPS) is 37.5. The maximum atomic E-state index is 2.97. The monoisotopic (exact) mass is 750 g/mol. The van der Waals surface area contributed by atoms with Gasteiger partial charge >= 0.3 is 0 Å². The van der Waals surface area contributed by atoms with Gasteiger partial charge in [-0.1, -0.05) is 118 Å². The van der Waals surface area contributed by atoms with Crippen molar-refractivity contribution in [3.63, 3.8) is 0 Å². The summed E-state index contributed by atoms with van der Waals surface area (Å²) in [6.07, 6.45) is 21.9. The van der Waals surface area contributed by atoms with Gasteiger partial charge in [-0.25, -0.2) is 0 Å². The molecule has 1 atom stereocenters. The van der Waals surface area contributed by atoms with Crippen LogP contribution in [0.3, 0.4) is 0 Å². The zero-order valence-electron chi connectivity index (χ0n) is 33.4. The van der Waals surface area contributed by atoms with Crippen molar-refractivity contribution in [3.05, 3.63) is 81.7 Å². The Morgan fingerprint density at radius 3 is 1.33 bits per heavy atom. The third kappa shape index (κ3) is 6.57. The molecule has 4 heteroatoms. The van der Waals surface area contributed by atoms with E-state index >= 15 is 0 Å². The van der Waals surface area contributed by atoms with Gasteiger partial charge < -0.3 is 0 Å². The molecule has 9 aliphatic carbocycles. The third-order valence-electron chi connectivity index (χ3n) is 15.6. The molecule has 0 spiro atoms. The average Bonchev–Trinajstić information content (AvgIpc) is 3.42. The number of allylic oxidation sites excluding steroid dienone is 4. The first-order valence-corrected chi connectivity index (χ1v) is 31.6. The molecule has 0 amide bonds. The summed E-state index contributed by atoms with van der Waals surface area (Å²) >= 11 is 0. The van der Waals surface area contributed by atoms with Crippen molar-refractivity contribution in [1.82, 2.24) is 0 Å². The molecule has 0 aliphatic heterocycles. The molecule has 8 fully saturated rings. The van der Waals surface area contributed by atoms with Crippen molar-refractivity contribution in [2.75, 3.05) is 12.3 Å². The van der Waals surface area contributed by atoms with Crippen molar-refractivity contribution in [1.29, 1.82) is 0 Å². The maximum Gasteiger partial charge on any atom is 0.0774 e. The van der Waals surface area contributed by atoms with E-state index in [1.54, 1.807) is 74.8 Å². The first-order chi connectivity index (χ1) is 24.3. The zero-order chi connectivity index (χ0) is 35.4. The summed E-state index contributed by atoms with van der Waals surface area (Å²) in [6, 6.07) is 19.0. The number of aryl methyl sites for hydroxylation is 2. The van der Waals surface area contributed by atoms with Crippen LogP contribution in [0, 0.1) is 67.1 Å². The van der Waals surface area contributed by atoms with E-state index in [1.165, 1.54) is 23.5 Å². The number of benzene rings is 2. The SMILES string of the molecule is Cc1ccccc1P(CC1C=C([Si](C)(C)C)C([Si](C)(C)C)=C1CP(C1C2CC3CC(C2)CC1C3)C1C2CC3CC(C2)CC1C3)c1ccccc1C. The zero-order valence-corrected chi connectivity index (χ0v) is 37.2. The summed E-state index contributed by atoms with van der Waals surface area (Å²) in [5.74, 6) is 9.24. The van der Waals surface area contributed by atoms with Crippen LogP contribution in [0.2, 0.25) is 39.3 Å². The van der Waals surface area contributed by atoms with Crippen molar-refractivity contribution in [2.24, 2.45) is 53.3 Å². The summed E-state index contributed by atoms with van der Waals surface area (Å²) in [5, 5.41) is 7.16. The molecule has 2 aromatic carbocycles. The molecule has 11 rings (SSSR count). The van der Waals surface area contributed by atoms with Crippen molar-refractivity contribution in [2.45, 2.75) is 129 Å². The van der Waals surface area contributed by atoms with Gasteiger partial charge in [-0.3, -0.25) is 0 Å². The molecular weight excluding hydrogens is 683 g/mol. The summed E-state index contributed by atoms with van der Waals surface area (Å²) in [5.41, 5.74) is 7.20. The minimum atomic E-state index is -1.60. The van der Waals surface area contributed by atoms with Gasteiger partial charge in [-0.05, 0) is 179 Å². The van der Waals surface area contributed by atoms with E-state index in [0.29, 0.717) is 5.92 Å². The molecular formula is C47H68P2Si2. The van der Waals surface area contributed by atoms with Crippen LogP contribution < -0.4 is 10.6 Å². The first kappa shape index (κ1) is 35.9. The largest absolute Gasteiger partial charge is 0.0950 e. The molecule has 0 saturated heterocycles. The topological polar surface area (TPSA) is 0 Å². The quantitative estimate of drug-likeness (QED) is 0.168. The number of hydrogen-bond acceptors (Lipinski definition) is 0. The molecule has 274 valence electrons. The molecule has 9 aliphatic rings. The molecule has 0 aromatic heterocycles. The second-order valence-electron chi connectivity index (χ2n) is 21.3. The van der Waals surface area contributed by atoms with Crippen LogP contribution in [0.15, 0.2) is 70.6 Å². The molecule has 0 N–H and O–H groups in total. The van der Waals surface area contributed by atoms with Gasteiger partial charge in [-0.15, -0.1) is 0 Å². The van der Waals surface area contributed by atoms with Crippen LogP contribution in [-0.4, -0.2) is 39.8 Å². The predicted molar refractivity (Wildman–Crippen MR) is 232 cm³/mol. The number of rotatable bonds is 10. The van der Waals surface area contributed by atoms with Gasteiger partial charge in [0.2, 0.25) is 0 Å². The van der Waals surface area contributed by atoms with Crippen LogP contribution in [0.4, 0.5) is 0 Å². The van der Waals surface area contributed by atoms with E-state index in [-0.39, 0.29) is 7.92 Å². The van der Waals surface area contributed by atoms with Crippen molar-refractivity contribution >= 4 is 42.6 Å². The van der Waals surface area contributed by atoms with Crippen molar-refractivity contribution in [3.8, 4) is 0 Å². The molecule has 0 radical (unpaired) electrons. The minimum Gasteiger partial charge on any atom is -0.0950 e. The maximum absolute atomic E-state index is 2.97. The molecule has 8 saturated carbocycles. The Morgan fingerprint density at radius 1 is 0.549 bits per heavy atom. The summed E-state index contributed by atoms with van der Waals surface area (Å²) in [4.78, 5) is 0. The lowest BCUT2D eigenvalue weighted by atomic mass is 9.55. The van der Waals surface area contributed by atoms with Gasteiger partial charge in [0.15, 0.2) is 0 Å². The minimum absolute atomic E-state index is 0.0191. The van der Waals surface area contributed by atoms with E-state index in [0.717, 1.165) is 58.7 Å². The lowest BCUT2D eigenvalue weighted by Crippen LogP contribution is -2.53. The molecule has 0 nitrogen and oxygen atoms in total. The van der Waals surface area contributed by atoms with Crippen LogP contribution in [0.1, 0.15) is 75.3 Å². The highest BCUT2D eigenvalue weighted by Crippen LogP contribution is 2.72. The highest BCUT2D eigenvalue weighted by atomic mass is 31.1. The lowest BCUT2D eigenvalue weighted by Gasteiger charge is -2.62. The Bertz CT molecular complexity index is 1560. The fraction of sp³-hybridized carbons (Fsp3) is 0.660. The van der Waals surface area contributed by atoms with Crippen LogP contribution >= 0.6 is 15.8 Å². The van der Waals surface area contributed by atoms with E-state index in [1.807, 2.05) is 16.0 Å². The molecule has 2 aromatic rings.